The number of aliphatic hydroxyl groups is 1. The van der Waals surface area contributed by atoms with Gasteiger partial charge in [0.15, 0.2) is 0 Å². The van der Waals surface area contributed by atoms with E-state index in [1.54, 1.807) is 11.3 Å². The Morgan fingerprint density at radius 2 is 2.23 bits per heavy atom. The van der Waals surface area contributed by atoms with Gasteiger partial charge in [-0.05, 0) is 30.0 Å². The van der Waals surface area contributed by atoms with Gasteiger partial charge in [-0.1, -0.05) is 12.1 Å². The Hall–Kier alpha value is -0.860. The second kappa shape index (κ2) is 3.48. The molecule has 0 radical (unpaired) electrons. The molecular formula is C11H12OS. The van der Waals surface area contributed by atoms with E-state index in [-0.39, 0.29) is 6.61 Å². The first kappa shape index (κ1) is 8.73. The Balaban J connectivity index is 2.55. The van der Waals surface area contributed by atoms with Crippen LogP contribution in [0.4, 0.5) is 0 Å². The lowest BCUT2D eigenvalue weighted by Gasteiger charge is -1.91. The van der Waals surface area contributed by atoms with Crippen LogP contribution in [0.2, 0.25) is 0 Å². The number of hydrogen-bond donors (Lipinski definition) is 1. The smallest absolute Gasteiger partial charge is 0.0479 e. The largest absolute Gasteiger partial charge is 0.396 e. The molecule has 2 heteroatoms. The highest BCUT2D eigenvalue weighted by molar-refractivity contribution is 7.19. The zero-order valence-electron chi connectivity index (χ0n) is 7.58. The lowest BCUT2D eigenvalue weighted by Crippen LogP contribution is -1.84. The van der Waals surface area contributed by atoms with Crippen LogP contribution in [0.3, 0.4) is 0 Å². The fraction of sp³-hybridized carbons (Fsp3) is 0.273. The molecule has 0 spiro atoms. The molecule has 0 atom stereocenters. The van der Waals surface area contributed by atoms with Gasteiger partial charge in [0.05, 0.1) is 0 Å². The fourth-order valence-corrected chi connectivity index (χ4v) is 2.62. The van der Waals surface area contributed by atoms with E-state index in [1.165, 1.54) is 20.5 Å². The predicted molar refractivity (Wildman–Crippen MR) is 57.4 cm³/mol. The topological polar surface area (TPSA) is 20.2 Å². The van der Waals surface area contributed by atoms with Crippen LogP contribution in [0.15, 0.2) is 24.3 Å². The molecule has 0 amide bonds. The van der Waals surface area contributed by atoms with Crippen molar-refractivity contribution in [1.29, 1.82) is 0 Å². The maximum absolute atomic E-state index is 8.82. The number of rotatable bonds is 2. The molecule has 2 rings (SSSR count). The Labute approximate surface area is 81.6 Å². The minimum Gasteiger partial charge on any atom is -0.396 e. The molecule has 1 heterocycles. The van der Waals surface area contributed by atoms with Crippen molar-refractivity contribution in [1.82, 2.24) is 0 Å². The van der Waals surface area contributed by atoms with E-state index in [2.05, 4.69) is 31.2 Å². The van der Waals surface area contributed by atoms with E-state index in [1.807, 2.05) is 0 Å². The maximum atomic E-state index is 8.82. The van der Waals surface area contributed by atoms with E-state index in [4.69, 9.17) is 5.11 Å². The molecule has 1 N–H and O–H groups in total. The van der Waals surface area contributed by atoms with Gasteiger partial charge in [0, 0.05) is 22.6 Å². The molecule has 2 aromatic rings. The summed E-state index contributed by atoms with van der Waals surface area (Å²) in [5.74, 6) is 0. The zero-order chi connectivity index (χ0) is 9.26. The molecule has 1 nitrogen and oxygen atoms in total. The average molecular weight is 192 g/mol. The van der Waals surface area contributed by atoms with Crippen molar-refractivity contribution in [2.45, 2.75) is 13.3 Å². The lowest BCUT2D eigenvalue weighted by molar-refractivity contribution is 0.300. The molecule has 0 fully saturated rings. The van der Waals surface area contributed by atoms with Crippen LogP contribution in [-0.4, -0.2) is 11.7 Å². The number of benzene rings is 1. The number of thiophene rings is 1. The molecule has 0 saturated carbocycles. The number of hydrogen-bond acceptors (Lipinski definition) is 2. The van der Waals surface area contributed by atoms with Gasteiger partial charge in [-0.25, -0.2) is 0 Å². The van der Waals surface area contributed by atoms with Crippen LogP contribution in [0.25, 0.3) is 10.1 Å². The second-order valence-corrected chi connectivity index (χ2v) is 4.34. The molecule has 0 aliphatic carbocycles. The van der Waals surface area contributed by atoms with Gasteiger partial charge in [-0.2, -0.15) is 0 Å². The molecular weight excluding hydrogens is 180 g/mol. The lowest BCUT2D eigenvalue weighted by atomic mass is 10.1. The van der Waals surface area contributed by atoms with Crippen LogP contribution in [0.5, 0.6) is 0 Å². The molecule has 0 saturated heterocycles. The first-order valence-electron chi connectivity index (χ1n) is 4.40. The number of fused-ring (bicyclic) bond motifs is 1. The highest BCUT2D eigenvalue weighted by Crippen LogP contribution is 2.27. The minimum absolute atomic E-state index is 0.242. The maximum Gasteiger partial charge on any atom is 0.0479 e. The van der Waals surface area contributed by atoms with Crippen molar-refractivity contribution in [3.05, 3.63) is 34.7 Å². The molecule has 68 valence electrons. The zero-order valence-corrected chi connectivity index (χ0v) is 8.40. The summed E-state index contributed by atoms with van der Waals surface area (Å²) in [6.45, 7) is 2.36. The van der Waals surface area contributed by atoms with Crippen molar-refractivity contribution in [3.8, 4) is 0 Å². The summed E-state index contributed by atoms with van der Waals surface area (Å²) >= 11 is 1.78. The van der Waals surface area contributed by atoms with Crippen LogP contribution >= 0.6 is 11.3 Å². The van der Waals surface area contributed by atoms with Crippen LogP contribution in [0.1, 0.15) is 10.4 Å². The van der Waals surface area contributed by atoms with E-state index >= 15 is 0 Å². The summed E-state index contributed by atoms with van der Waals surface area (Å²) in [4.78, 5) is 1.27. The summed E-state index contributed by atoms with van der Waals surface area (Å²) in [5.41, 5.74) is 1.32. The Kier molecular flexibility index (Phi) is 2.34. The van der Waals surface area contributed by atoms with Crippen LogP contribution in [0, 0.1) is 6.92 Å². The summed E-state index contributed by atoms with van der Waals surface area (Å²) in [6.07, 6.45) is 0.777. The molecule has 1 aromatic carbocycles. The van der Waals surface area contributed by atoms with Crippen LogP contribution < -0.4 is 0 Å². The minimum atomic E-state index is 0.242. The van der Waals surface area contributed by atoms with Crippen molar-refractivity contribution < 1.29 is 5.11 Å². The molecule has 13 heavy (non-hydrogen) atoms. The molecule has 0 unspecified atom stereocenters. The van der Waals surface area contributed by atoms with Crippen molar-refractivity contribution in [2.24, 2.45) is 0 Å². The molecule has 0 aliphatic rings. The first-order chi connectivity index (χ1) is 6.31. The molecule has 0 bridgehead atoms. The van der Waals surface area contributed by atoms with Gasteiger partial charge < -0.3 is 5.11 Å². The van der Waals surface area contributed by atoms with Gasteiger partial charge in [0.1, 0.15) is 0 Å². The predicted octanol–water partition coefficient (Wildman–Crippen LogP) is 2.74. The third kappa shape index (κ3) is 1.60. The van der Waals surface area contributed by atoms with Gasteiger partial charge in [-0.3, -0.25) is 0 Å². The highest BCUT2D eigenvalue weighted by Gasteiger charge is 2.02. The van der Waals surface area contributed by atoms with Gasteiger partial charge in [-0.15, -0.1) is 11.3 Å². The van der Waals surface area contributed by atoms with Crippen molar-refractivity contribution >= 4 is 21.4 Å². The third-order valence-corrected chi connectivity index (χ3v) is 3.35. The normalized spacial score (nSPS) is 10.9. The Morgan fingerprint density at radius 1 is 1.38 bits per heavy atom. The fourth-order valence-electron chi connectivity index (χ4n) is 1.49. The summed E-state index contributed by atoms with van der Waals surface area (Å²) in [6, 6.07) is 8.52. The average Bonchev–Trinajstić information content (AvgIpc) is 2.49. The van der Waals surface area contributed by atoms with Gasteiger partial charge in [0.25, 0.3) is 0 Å². The quantitative estimate of drug-likeness (QED) is 0.775. The Morgan fingerprint density at radius 3 is 2.92 bits per heavy atom. The van der Waals surface area contributed by atoms with E-state index < -0.39 is 0 Å². The highest BCUT2D eigenvalue weighted by atomic mass is 32.1. The number of aryl methyl sites for hydroxylation is 1. The van der Waals surface area contributed by atoms with Crippen LogP contribution in [-0.2, 0) is 6.42 Å². The van der Waals surface area contributed by atoms with Crippen molar-refractivity contribution in [2.75, 3.05) is 6.61 Å². The number of aliphatic hydroxyl groups excluding tert-OH is 1. The molecule has 0 aliphatic heterocycles. The first-order valence-corrected chi connectivity index (χ1v) is 5.22. The summed E-state index contributed by atoms with van der Waals surface area (Å²) in [7, 11) is 0. The van der Waals surface area contributed by atoms with Gasteiger partial charge in [0.2, 0.25) is 0 Å². The third-order valence-electron chi connectivity index (χ3n) is 2.19. The van der Waals surface area contributed by atoms with E-state index in [9.17, 15) is 0 Å². The SMILES string of the molecule is Cc1cccc2sc(CCO)cc12. The monoisotopic (exact) mass is 192 g/mol. The van der Waals surface area contributed by atoms with E-state index in [0.29, 0.717) is 0 Å². The van der Waals surface area contributed by atoms with Crippen molar-refractivity contribution in [3.63, 3.8) is 0 Å². The summed E-state index contributed by atoms with van der Waals surface area (Å²) < 4.78 is 1.32. The van der Waals surface area contributed by atoms with Gasteiger partial charge >= 0.3 is 0 Å². The standard InChI is InChI=1S/C11H12OS/c1-8-3-2-4-11-10(8)7-9(13-11)5-6-12/h2-4,7,12H,5-6H2,1H3. The molecule has 1 aromatic heterocycles. The Bertz CT molecular complexity index is 417. The van der Waals surface area contributed by atoms with E-state index in [0.717, 1.165) is 6.42 Å². The second-order valence-electron chi connectivity index (χ2n) is 3.17. The summed E-state index contributed by atoms with van der Waals surface area (Å²) in [5, 5.41) is 10.2.